The second kappa shape index (κ2) is 6.71. The van der Waals surface area contributed by atoms with Gasteiger partial charge in [0.05, 0.1) is 18.6 Å². The van der Waals surface area contributed by atoms with Crippen molar-refractivity contribution in [1.29, 1.82) is 0 Å². The molecule has 2 aliphatic rings. The quantitative estimate of drug-likeness (QED) is 0.932. The van der Waals surface area contributed by atoms with E-state index >= 15 is 0 Å². The Kier molecular flexibility index (Phi) is 4.46. The fraction of sp³-hybridized carbons (Fsp3) is 0.647. The van der Waals surface area contributed by atoms with Gasteiger partial charge < -0.3 is 10.1 Å². The van der Waals surface area contributed by atoms with Crippen molar-refractivity contribution in [3.63, 3.8) is 0 Å². The zero-order valence-electron chi connectivity index (χ0n) is 13.7. The number of anilines is 1. The monoisotopic (exact) mass is 332 g/mol. The molecule has 3 heterocycles. The summed E-state index contributed by atoms with van der Waals surface area (Å²) < 4.78 is 5.40. The van der Waals surface area contributed by atoms with Crippen molar-refractivity contribution in [2.24, 2.45) is 5.92 Å². The molecule has 4 rings (SSSR count). The maximum absolute atomic E-state index is 5.40. The SMILES string of the molecule is CC1CCc2sc3ncnc(NCCN4CCOCC4)c3c2C1. The number of morpholine rings is 1. The summed E-state index contributed by atoms with van der Waals surface area (Å²) in [6, 6.07) is 0. The van der Waals surface area contributed by atoms with Gasteiger partial charge in [-0.1, -0.05) is 6.92 Å². The van der Waals surface area contributed by atoms with E-state index in [0.717, 1.165) is 56.0 Å². The molecule has 1 unspecified atom stereocenters. The fourth-order valence-electron chi connectivity index (χ4n) is 3.57. The van der Waals surface area contributed by atoms with E-state index in [9.17, 15) is 0 Å². The van der Waals surface area contributed by atoms with Gasteiger partial charge >= 0.3 is 0 Å². The molecule has 6 heteroatoms. The number of ether oxygens (including phenoxy) is 1. The average molecular weight is 332 g/mol. The number of nitrogens with zero attached hydrogens (tertiary/aromatic N) is 3. The van der Waals surface area contributed by atoms with E-state index in [1.165, 1.54) is 35.1 Å². The predicted octanol–water partition coefficient (Wildman–Crippen LogP) is 2.56. The predicted molar refractivity (Wildman–Crippen MR) is 94.4 cm³/mol. The molecule has 1 N–H and O–H groups in total. The summed E-state index contributed by atoms with van der Waals surface area (Å²) in [7, 11) is 0. The third-order valence-corrected chi connectivity index (χ3v) is 6.11. The Morgan fingerprint density at radius 2 is 2.22 bits per heavy atom. The van der Waals surface area contributed by atoms with Crippen LogP contribution in [0.25, 0.3) is 10.2 Å². The lowest BCUT2D eigenvalue weighted by atomic mass is 9.88. The Morgan fingerprint density at radius 3 is 3.09 bits per heavy atom. The molecule has 1 aliphatic carbocycles. The zero-order chi connectivity index (χ0) is 15.6. The van der Waals surface area contributed by atoms with Crippen LogP contribution in [0.3, 0.4) is 0 Å². The molecule has 0 amide bonds. The van der Waals surface area contributed by atoms with Gasteiger partial charge in [-0.25, -0.2) is 9.97 Å². The van der Waals surface area contributed by atoms with E-state index < -0.39 is 0 Å². The molecule has 0 spiro atoms. The standard InChI is InChI=1S/C17H24N4OS/c1-12-2-3-14-13(10-12)15-16(19-11-20-17(15)23-14)18-4-5-21-6-8-22-9-7-21/h11-12H,2-10H2,1H3,(H,18,19,20). The lowest BCUT2D eigenvalue weighted by molar-refractivity contribution is 0.0398. The van der Waals surface area contributed by atoms with Crippen molar-refractivity contribution in [3.05, 3.63) is 16.8 Å². The van der Waals surface area contributed by atoms with Gasteiger partial charge in [0, 0.05) is 31.1 Å². The van der Waals surface area contributed by atoms with E-state index in [1.54, 1.807) is 6.33 Å². The van der Waals surface area contributed by atoms with Crippen LogP contribution in [0.4, 0.5) is 5.82 Å². The Bertz CT molecular complexity index is 681. The second-order valence-corrected chi connectivity index (χ2v) is 7.72. The smallest absolute Gasteiger partial charge is 0.138 e. The summed E-state index contributed by atoms with van der Waals surface area (Å²) in [6.07, 6.45) is 5.36. The minimum atomic E-state index is 0.765. The first kappa shape index (κ1) is 15.3. The van der Waals surface area contributed by atoms with Gasteiger partial charge in [0.1, 0.15) is 17.0 Å². The molecule has 5 nitrogen and oxygen atoms in total. The van der Waals surface area contributed by atoms with Crippen LogP contribution < -0.4 is 5.32 Å². The van der Waals surface area contributed by atoms with Gasteiger partial charge in [0.25, 0.3) is 0 Å². The van der Waals surface area contributed by atoms with E-state index in [0.29, 0.717) is 0 Å². The topological polar surface area (TPSA) is 50.3 Å². The van der Waals surface area contributed by atoms with Crippen LogP contribution in [0.1, 0.15) is 23.8 Å². The summed E-state index contributed by atoms with van der Waals surface area (Å²) in [5.74, 6) is 1.79. The van der Waals surface area contributed by atoms with Crippen LogP contribution in [0, 0.1) is 5.92 Å². The van der Waals surface area contributed by atoms with Crippen molar-refractivity contribution in [3.8, 4) is 0 Å². The van der Waals surface area contributed by atoms with Gasteiger partial charge in [-0.3, -0.25) is 4.90 Å². The van der Waals surface area contributed by atoms with Gasteiger partial charge in [-0.2, -0.15) is 0 Å². The Balaban J connectivity index is 1.51. The molecule has 23 heavy (non-hydrogen) atoms. The number of hydrogen-bond acceptors (Lipinski definition) is 6. The number of nitrogens with one attached hydrogen (secondary N) is 1. The summed E-state index contributed by atoms with van der Waals surface area (Å²) in [5.41, 5.74) is 1.50. The molecule has 1 saturated heterocycles. The molecule has 0 saturated carbocycles. The highest BCUT2D eigenvalue weighted by Gasteiger charge is 2.23. The first-order chi connectivity index (χ1) is 11.3. The van der Waals surface area contributed by atoms with Crippen LogP contribution in [0.2, 0.25) is 0 Å². The third-order valence-electron chi connectivity index (χ3n) is 4.91. The highest BCUT2D eigenvalue weighted by Crippen LogP contribution is 2.39. The molecule has 1 atom stereocenters. The molecule has 2 aromatic rings. The number of thiophene rings is 1. The van der Waals surface area contributed by atoms with Gasteiger partial charge in [0.15, 0.2) is 0 Å². The van der Waals surface area contributed by atoms with Crippen molar-refractivity contribution < 1.29 is 4.74 Å². The van der Waals surface area contributed by atoms with Crippen molar-refractivity contribution in [1.82, 2.24) is 14.9 Å². The van der Waals surface area contributed by atoms with E-state index in [1.807, 2.05) is 11.3 Å². The van der Waals surface area contributed by atoms with Gasteiger partial charge in [-0.15, -0.1) is 11.3 Å². The molecule has 0 radical (unpaired) electrons. The first-order valence-electron chi connectivity index (χ1n) is 8.60. The maximum Gasteiger partial charge on any atom is 0.138 e. The molecule has 124 valence electrons. The number of aryl methyl sites for hydroxylation is 1. The molecule has 0 bridgehead atoms. The summed E-state index contributed by atoms with van der Waals surface area (Å²) in [5, 5.41) is 4.84. The number of fused-ring (bicyclic) bond motifs is 3. The minimum absolute atomic E-state index is 0.765. The van der Waals surface area contributed by atoms with Gasteiger partial charge in [0.2, 0.25) is 0 Å². The van der Waals surface area contributed by atoms with Crippen molar-refractivity contribution in [2.45, 2.75) is 26.2 Å². The Labute approximate surface area is 141 Å². The number of aromatic nitrogens is 2. The fourth-order valence-corrected chi connectivity index (χ4v) is 4.76. The molecule has 1 fully saturated rings. The van der Waals surface area contributed by atoms with E-state index in [-0.39, 0.29) is 0 Å². The minimum Gasteiger partial charge on any atom is -0.379 e. The second-order valence-electron chi connectivity index (χ2n) is 6.63. The number of hydrogen-bond donors (Lipinski definition) is 1. The van der Waals surface area contributed by atoms with Crippen molar-refractivity contribution >= 4 is 27.4 Å². The van der Waals surface area contributed by atoms with E-state index in [4.69, 9.17) is 4.74 Å². The van der Waals surface area contributed by atoms with Crippen LogP contribution in [-0.4, -0.2) is 54.3 Å². The maximum atomic E-state index is 5.40. The first-order valence-corrected chi connectivity index (χ1v) is 9.42. The lowest BCUT2D eigenvalue weighted by Gasteiger charge is -2.26. The van der Waals surface area contributed by atoms with E-state index in [2.05, 4.69) is 27.1 Å². The highest BCUT2D eigenvalue weighted by atomic mass is 32.1. The lowest BCUT2D eigenvalue weighted by Crippen LogP contribution is -2.39. The van der Waals surface area contributed by atoms with Crippen LogP contribution in [0.5, 0.6) is 0 Å². The van der Waals surface area contributed by atoms with Crippen LogP contribution in [0.15, 0.2) is 6.33 Å². The molecule has 1 aliphatic heterocycles. The molecule has 2 aromatic heterocycles. The molecular formula is C17H24N4OS. The number of rotatable bonds is 4. The summed E-state index contributed by atoms with van der Waals surface area (Å²) in [6.45, 7) is 8.09. The zero-order valence-corrected chi connectivity index (χ0v) is 14.5. The molecule has 0 aromatic carbocycles. The van der Waals surface area contributed by atoms with Crippen LogP contribution in [-0.2, 0) is 17.6 Å². The average Bonchev–Trinajstić information content (AvgIpc) is 2.94. The normalized spacial score (nSPS) is 22.2. The van der Waals surface area contributed by atoms with Gasteiger partial charge in [-0.05, 0) is 30.7 Å². The summed E-state index contributed by atoms with van der Waals surface area (Å²) >= 11 is 1.86. The summed E-state index contributed by atoms with van der Waals surface area (Å²) in [4.78, 5) is 14.2. The Hall–Kier alpha value is -1.24. The molecular weight excluding hydrogens is 308 g/mol. The highest BCUT2D eigenvalue weighted by molar-refractivity contribution is 7.19. The Morgan fingerprint density at radius 1 is 1.35 bits per heavy atom. The van der Waals surface area contributed by atoms with Crippen LogP contribution >= 0.6 is 11.3 Å². The largest absolute Gasteiger partial charge is 0.379 e. The van der Waals surface area contributed by atoms with Crippen molar-refractivity contribution in [2.75, 3.05) is 44.7 Å². The third kappa shape index (κ3) is 3.20.